The first-order valence-electron chi connectivity index (χ1n) is 12.8. The van der Waals surface area contributed by atoms with Crippen LogP contribution in [-0.2, 0) is 28.0 Å². The standard InChI is InChI=1S/C20H32N2O3.C6H18NSi2.Ca/c1-20(2,3)18-12-16(14-21-4-8-24-9-5-21)19(23)17(13-18)15-22-6-10-25-11-7-22;1-8(2,3)7-9(4,5)6;/h12-13,23H,4-11,14-15H2,1-3H3;1-6H3;/q;-1;+2/p-1. The van der Waals surface area contributed by atoms with E-state index in [1.807, 2.05) is 0 Å². The zero-order valence-corrected chi connectivity index (χ0v) is 28.2. The molecule has 9 heteroatoms. The van der Waals surface area contributed by atoms with Crippen LogP contribution >= 0.6 is 0 Å². The second kappa shape index (κ2) is 14.6. The molecule has 1 aromatic carbocycles. The van der Waals surface area contributed by atoms with Gasteiger partial charge in [0.05, 0.1) is 26.4 Å². The van der Waals surface area contributed by atoms with E-state index in [-0.39, 0.29) is 48.9 Å². The van der Waals surface area contributed by atoms with Crippen LogP contribution in [0.3, 0.4) is 0 Å². The largest absolute Gasteiger partial charge is 2.00 e. The minimum absolute atomic E-state index is 0. The van der Waals surface area contributed by atoms with Gasteiger partial charge in [0.15, 0.2) is 0 Å². The third-order valence-corrected chi connectivity index (χ3v) is 11.1. The van der Waals surface area contributed by atoms with Crippen LogP contribution in [0.4, 0.5) is 0 Å². The molecule has 0 spiro atoms. The van der Waals surface area contributed by atoms with Gasteiger partial charge in [0.1, 0.15) is 0 Å². The van der Waals surface area contributed by atoms with Crippen LogP contribution in [0.5, 0.6) is 5.75 Å². The molecule has 0 N–H and O–H groups in total. The molecule has 0 unspecified atom stereocenters. The third kappa shape index (κ3) is 13.2. The summed E-state index contributed by atoms with van der Waals surface area (Å²) < 4.78 is 15.7. The SMILES string of the molecule is CC(C)(C)c1cc(CN2CCOCC2)c([O-])c(CN2CCOCC2)c1.C[Si](C)(C)[N-][Si](C)(C)C.[Ca+2]. The Labute approximate surface area is 247 Å². The molecule has 2 saturated heterocycles. The molecule has 2 heterocycles. The van der Waals surface area contributed by atoms with E-state index < -0.39 is 16.5 Å². The number of morpholine rings is 2. The molecule has 2 aliphatic rings. The van der Waals surface area contributed by atoms with Crippen molar-refractivity contribution in [2.75, 3.05) is 52.6 Å². The van der Waals surface area contributed by atoms with Gasteiger partial charge >= 0.3 is 37.7 Å². The molecule has 0 aliphatic carbocycles. The Morgan fingerprint density at radius 3 is 1.37 bits per heavy atom. The topological polar surface area (TPSA) is 62.1 Å². The van der Waals surface area contributed by atoms with Gasteiger partial charge in [-0.15, -0.1) is 0 Å². The van der Waals surface area contributed by atoms with Crippen molar-refractivity contribution in [3.05, 3.63) is 33.5 Å². The van der Waals surface area contributed by atoms with Crippen LogP contribution in [0, 0.1) is 0 Å². The van der Waals surface area contributed by atoms with Crippen LogP contribution < -0.4 is 5.11 Å². The molecule has 0 bridgehead atoms. The average Bonchev–Trinajstić information content (AvgIpc) is 2.69. The molecule has 196 valence electrons. The molecule has 2 aliphatic heterocycles. The molecule has 35 heavy (non-hydrogen) atoms. The molecule has 0 aromatic heterocycles. The fraction of sp³-hybridized carbons (Fsp3) is 0.769. The molecular formula is C26H49CaN3O3Si2. The van der Waals surface area contributed by atoms with E-state index in [2.05, 4.69) is 82.0 Å². The zero-order valence-electron chi connectivity index (χ0n) is 24.0. The first kappa shape index (κ1) is 33.5. The Morgan fingerprint density at radius 1 is 0.771 bits per heavy atom. The summed E-state index contributed by atoms with van der Waals surface area (Å²) in [5.74, 6) is 0.214. The van der Waals surface area contributed by atoms with Gasteiger partial charge in [0.2, 0.25) is 0 Å². The van der Waals surface area contributed by atoms with Crippen molar-refractivity contribution in [1.29, 1.82) is 0 Å². The van der Waals surface area contributed by atoms with E-state index in [0.717, 1.165) is 76.8 Å². The average molecular weight is 548 g/mol. The monoisotopic (exact) mass is 547 g/mol. The van der Waals surface area contributed by atoms with Crippen LogP contribution in [0.1, 0.15) is 37.5 Å². The van der Waals surface area contributed by atoms with Crippen molar-refractivity contribution < 1.29 is 14.6 Å². The van der Waals surface area contributed by atoms with E-state index in [1.54, 1.807) is 0 Å². The van der Waals surface area contributed by atoms with Crippen LogP contribution in [0.15, 0.2) is 12.1 Å². The Balaban J connectivity index is 0.000000526. The molecular weight excluding hydrogens is 499 g/mol. The van der Waals surface area contributed by atoms with Crippen molar-refractivity contribution in [2.24, 2.45) is 0 Å². The molecule has 0 radical (unpaired) electrons. The van der Waals surface area contributed by atoms with Crippen LogP contribution in [-0.4, -0.2) is 117 Å². The maximum absolute atomic E-state index is 13.1. The Morgan fingerprint density at radius 2 is 1.11 bits per heavy atom. The summed E-state index contributed by atoms with van der Waals surface area (Å²) in [5, 5.41) is 13.1. The van der Waals surface area contributed by atoms with E-state index >= 15 is 0 Å². The molecule has 3 rings (SSSR count). The van der Waals surface area contributed by atoms with Crippen molar-refractivity contribution in [2.45, 2.75) is 78.6 Å². The normalized spacial score (nSPS) is 18.4. The fourth-order valence-corrected chi connectivity index (χ4v) is 12.5. The summed E-state index contributed by atoms with van der Waals surface area (Å²) in [6.45, 7) is 28.5. The Kier molecular flexibility index (Phi) is 14.0. The van der Waals surface area contributed by atoms with Crippen molar-refractivity contribution in [1.82, 2.24) is 9.80 Å². The predicted molar refractivity (Wildman–Crippen MR) is 153 cm³/mol. The van der Waals surface area contributed by atoms with Gasteiger partial charge in [0.25, 0.3) is 0 Å². The van der Waals surface area contributed by atoms with Crippen LogP contribution in [0.25, 0.3) is 4.65 Å². The van der Waals surface area contributed by atoms with Crippen LogP contribution in [0.2, 0.25) is 39.3 Å². The molecule has 0 atom stereocenters. The Hall–Kier alpha value is 0.514. The van der Waals surface area contributed by atoms with Gasteiger partial charge in [-0.3, -0.25) is 9.80 Å². The van der Waals surface area contributed by atoms with Gasteiger partial charge in [-0.1, -0.05) is 94.4 Å². The fourth-order valence-electron chi connectivity index (χ4n) is 4.43. The number of rotatable bonds is 6. The maximum atomic E-state index is 13.1. The molecule has 1 aromatic rings. The summed E-state index contributed by atoms with van der Waals surface area (Å²) >= 11 is 0. The predicted octanol–water partition coefficient (Wildman–Crippen LogP) is 4.37. The smallest absolute Gasteiger partial charge is 0.872 e. The second-order valence-corrected chi connectivity index (χ2v) is 22.2. The number of hydrogen-bond acceptors (Lipinski definition) is 5. The van der Waals surface area contributed by atoms with Crippen molar-refractivity contribution in [3.8, 4) is 5.75 Å². The van der Waals surface area contributed by atoms with E-state index in [9.17, 15) is 5.11 Å². The first-order valence-corrected chi connectivity index (χ1v) is 19.7. The minimum Gasteiger partial charge on any atom is -0.872 e. The first-order chi connectivity index (χ1) is 15.6. The second-order valence-electron chi connectivity index (χ2n) is 12.6. The summed E-state index contributed by atoms with van der Waals surface area (Å²) in [7, 11) is -2.21. The van der Waals surface area contributed by atoms with E-state index in [1.165, 1.54) is 5.56 Å². The van der Waals surface area contributed by atoms with Crippen molar-refractivity contribution in [3.63, 3.8) is 0 Å². The van der Waals surface area contributed by atoms with E-state index in [4.69, 9.17) is 14.1 Å². The number of benzene rings is 1. The zero-order chi connectivity index (χ0) is 25.6. The Bertz CT molecular complexity index is 712. The number of nitrogens with zero attached hydrogens (tertiary/aromatic N) is 3. The number of ether oxygens (including phenoxy) is 2. The van der Waals surface area contributed by atoms with Gasteiger partial charge in [-0.2, -0.15) is 0 Å². The van der Waals surface area contributed by atoms with E-state index in [0.29, 0.717) is 0 Å². The molecule has 2 fully saturated rings. The third-order valence-electron chi connectivity index (χ3n) is 5.77. The van der Waals surface area contributed by atoms with Gasteiger partial charge in [-0.05, 0) is 22.1 Å². The molecule has 0 amide bonds. The van der Waals surface area contributed by atoms with Gasteiger partial charge in [0, 0.05) is 39.3 Å². The summed E-state index contributed by atoms with van der Waals surface area (Å²) in [6, 6.07) is 4.25. The minimum atomic E-state index is -1.11. The molecule has 0 saturated carbocycles. The van der Waals surface area contributed by atoms with Gasteiger partial charge in [-0.25, -0.2) is 0 Å². The summed E-state index contributed by atoms with van der Waals surface area (Å²) in [6.07, 6.45) is 0. The summed E-state index contributed by atoms with van der Waals surface area (Å²) in [5.41, 5.74) is 3.14. The van der Waals surface area contributed by atoms with Gasteiger partial charge < -0.3 is 19.2 Å². The number of hydrogen-bond donors (Lipinski definition) is 0. The maximum Gasteiger partial charge on any atom is 2.00 e. The van der Waals surface area contributed by atoms with Crippen molar-refractivity contribution >= 4 is 54.2 Å². The quantitative estimate of drug-likeness (QED) is 0.495. The molecule has 6 nitrogen and oxygen atoms in total. The summed E-state index contributed by atoms with van der Waals surface area (Å²) in [4.78, 5) is 4.65.